The molecule has 1 N–H and O–H groups in total. The van der Waals surface area contributed by atoms with Crippen LogP contribution in [-0.4, -0.2) is 34.2 Å². The molecule has 1 aromatic heterocycles. The van der Waals surface area contributed by atoms with Gasteiger partial charge in [0.25, 0.3) is 0 Å². The minimum Gasteiger partial charge on any atom is -0.391 e. The lowest BCUT2D eigenvalue weighted by Crippen LogP contribution is -2.23. The van der Waals surface area contributed by atoms with Gasteiger partial charge >= 0.3 is 5.69 Å². The minimum absolute atomic E-state index is 0.124. The van der Waals surface area contributed by atoms with Crippen LogP contribution in [0.4, 0.5) is 11.5 Å². The third-order valence-corrected chi connectivity index (χ3v) is 2.68. The standard InChI is InChI=1S/C9H10ClN3O3/c10-6-3-8(13(15)16)9(11-4-6)12-2-1-7(14)5-12/h3-4,7,14H,1-2,5H2. The van der Waals surface area contributed by atoms with E-state index in [-0.39, 0.29) is 16.5 Å². The monoisotopic (exact) mass is 243 g/mol. The summed E-state index contributed by atoms with van der Waals surface area (Å²) in [5, 5.41) is 20.4. The van der Waals surface area contributed by atoms with Crippen molar-refractivity contribution in [2.24, 2.45) is 0 Å². The number of aliphatic hydroxyl groups is 1. The number of halogens is 1. The van der Waals surface area contributed by atoms with Gasteiger partial charge in [-0.15, -0.1) is 0 Å². The van der Waals surface area contributed by atoms with Crippen molar-refractivity contribution in [1.82, 2.24) is 4.98 Å². The summed E-state index contributed by atoms with van der Waals surface area (Å²) in [5.41, 5.74) is -0.124. The average Bonchev–Trinajstić information content (AvgIpc) is 2.64. The second-order valence-electron chi connectivity index (χ2n) is 3.64. The molecular formula is C9H10ClN3O3. The second kappa shape index (κ2) is 4.23. The van der Waals surface area contributed by atoms with Gasteiger partial charge in [-0.05, 0) is 6.42 Å². The lowest BCUT2D eigenvalue weighted by Gasteiger charge is -2.15. The SMILES string of the molecule is O=[N+]([O-])c1cc(Cl)cnc1N1CCC(O)C1. The zero-order chi connectivity index (χ0) is 11.7. The largest absolute Gasteiger partial charge is 0.391 e. The van der Waals surface area contributed by atoms with Crippen LogP contribution >= 0.6 is 11.6 Å². The van der Waals surface area contributed by atoms with Crippen molar-refractivity contribution in [3.8, 4) is 0 Å². The van der Waals surface area contributed by atoms with Gasteiger partial charge in [0.1, 0.15) is 0 Å². The van der Waals surface area contributed by atoms with Crippen LogP contribution in [0.25, 0.3) is 0 Å². The number of rotatable bonds is 2. The Kier molecular flexibility index (Phi) is 2.93. The van der Waals surface area contributed by atoms with Gasteiger partial charge in [0.2, 0.25) is 5.82 Å². The van der Waals surface area contributed by atoms with Crippen LogP contribution in [0.1, 0.15) is 6.42 Å². The minimum atomic E-state index is -0.515. The van der Waals surface area contributed by atoms with Gasteiger partial charge in [0, 0.05) is 25.4 Å². The van der Waals surface area contributed by atoms with Gasteiger partial charge in [-0.3, -0.25) is 10.1 Å². The molecule has 0 aliphatic carbocycles. The number of hydrogen-bond donors (Lipinski definition) is 1. The van der Waals surface area contributed by atoms with Crippen LogP contribution in [0.2, 0.25) is 5.02 Å². The van der Waals surface area contributed by atoms with Crippen LogP contribution in [0.5, 0.6) is 0 Å². The van der Waals surface area contributed by atoms with Crippen LogP contribution in [-0.2, 0) is 0 Å². The first-order valence-corrected chi connectivity index (χ1v) is 5.18. The van der Waals surface area contributed by atoms with E-state index in [4.69, 9.17) is 11.6 Å². The molecule has 2 heterocycles. The first-order chi connectivity index (χ1) is 7.58. The molecule has 1 aromatic rings. The summed E-state index contributed by atoms with van der Waals surface area (Å²) in [6.07, 6.45) is 1.52. The van der Waals surface area contributed by atoms with Crippen LogP contribution in [0, 0.1) is 10.1 Å². The van der Waals surface area contributed by atoms with E-state index in [9.17, 15) is 15.2 Å². The molecule has 7 heteroatoms. The Morgan fingerprint density at radius 3 is 3.00 bits per heavy atom. The Morgan fingerprint density at radius 1 is 1.69 bits per heavy atom. The third-order valence-electron chi connectivity index (χ3n) is 2.47. The molecule has 6 nitrogen and oxygen atoms in total. The fraction of sp³-hybridized carbons (Fsp3) is 0.444. The predicted octanol–water partition coefficient (Wildman–Crippen LogP) is 1.21. The third kappa shape index (κ3) is 2.07. The molecule has 0 radical (unpaired) electrons. The number of β-amino-alcohol motifs (C(OH)–C–C–N with tert-alkyl or cyclic N) is 1. The van der Waals surface area contributed by atoms with Gasteiger partial charge < -0.3 is 10.0 Å². The topological polar surface area (TPSA) is 79.5 Å². The van der Waals surface area contributed by atoms with Crippen LogP contribution in [0.15, 0.2) is 12.3 Å². The van der Waals surface area contributed by atoms with E-state index in [1.54, 1.807) is 4.90 Å². The maximum absolute atomic E-state index is 10.8. The van der Waals surface area contributed by atoms with E-state index in [1.807, 2.05) is 0 Å². The molecule has 1 aliphatic heterocycles. The van der Waals surface area contributed by atoms with E-state index >= 15 is 0 Å². The second-order valence-corrected chi connectivity index (χ2v) is 4.08. The molecule has 0 spiro atoms. The zero-order valence-electron chi connectivity index (χ0n) is 8.34. The molecule has 1 fully saturated rings. The number of hydrogen-bond acceptors (Lipinski definition) is 5. The van der Waals surface area contributed by atoms with Crippen molar-refractivity contribution < 1.29 is 10.0 Å². The number of aliphatic hydroxyl groups excluding tert-OH is 1. The summed E-state index contributed by atoms with van der Waals surface area (Å²) in [5.74, 6) is 0.269. The number of nitro groups is 1. The maximum Gasteiger partial charge on any atom is 0.313 e. The highest BCUT2D eigenvalue weighted by atomic mass is 35.5. The highest BCUT2D eigenvalue weighted by molar-refractivity contribution is 6.30. The molecule has 16 heavy (non-hydrogen) atoms. The van der Waals surface area contributed by atoms with E-state index < -0.39 is 11.0 Å². The molecule has 0 amide bonds. The molecule has 0 aromatic carbocycles. The fourth-order valence-corrected chi connectivity index (χ4v) is 1.89. The number of pyridine rings is 1. The predicted molar refractivity (Wildman–Crippen MR) is 58.7 cm³/mol. The summed E-state index contributed by atoms with van der Waals surface area (Å²) < 4.78 is 0. The fourth-order valence-electron chi connectivity index (χ4n) is 1.73. The van der Waals surface area contributed by atoms with Crippen molar-refractivity contribution in [3.63, 3.8) is 0 Å². The van der Waals surface area contributed by atoms with Crippen LogP contribution < -0.4 is 4.90 Å². The van der Waals surface area contributed by atoms with Crippen molar-refractivity contribution in [2.75, 3.05) is 18.0 Å². The number of aromatic nitrogens is 1. The molecule has 86 valence electrons. The molecule has 0 saturated carbocycles. The van der Waals surface area contributed by atoms with E-state index in [0.717, 1.165) is 0 Å². The van der Waals surface area contributed by atoms with Gasteiger partial charge in [-0.1, -0.05) is 11.6 Å². The lowest BCUT2D eigenvalue weighted by molar-refractivity contribution is -0.384. The maximum atomic E-state index is 10.8. The first kappa shape index (κ1) is 11.1. The molecule has 1 unspecified atom stereocenters. The summed E-state index contributed by atoms with van der Waals surface area (Å²) in [4.78, 5) is 16.0. The lowest BCUT2D eigenvalue weighted by atomic mass is 10.3. The molecule has 0 bridgehead atoms. The summed E-state index contributed by atoms with van der Waals surface area (Å²) in [7, 11) is 0. The Labute approximate surface area is 96.6 Å². The summed E-state index contributed by atoms with van der Waals surface area (Å²) in [6.45, 7) is 0.937. The quantitative estimate of drug-likeness (QED) is 0.624. The van der Waals surface area contributed by atoms with Gasteiger partial charge in [-0.25, -0.2) is 4.98 Å². The average molecular weight is 244 g/mol. The van der Waals surface area contributed by atoms with E-state index in [1.165, 1.54) is 12.3 Å². The summed E-state index contributed by atoms with van der Waals surface area (Å²) >= 11 is 5.66. The molecule has 1 saturated heterocycles. The highest BCUT2D eigenvalue weighted by Crippen LogP contribution is 2.30. The number of nitrogens with zero attached hydrogens (tertiary/aromatic N) is 3. The Hall–Kier alpha value is -1.40. The van der Waals surface area contributed by atoms with Crippen molar-refractivity contribution in [3.05, 3.63) is 27.4 Å². The highest BCUT2D eigenvalue weighted by Gasteiger charge is 2.27. The first-order valence-electron chi connectivity index (χ1n) is 4.81. The van der Waals surface area contributed by atoms with Crippen LogP contribution in [0.3, 0.4) is 0 Å². The zero-order valence-corrected chi connectivity index (χ0v) is 9.09. The number of anilines is 1. The van der Waals surface area contributed by atoms with E-state index in [2.05, 4.69) is 4.98 Å². The molecule has 2 rings (SSSR count). The van der Waals surface area contributed by atoms with Gasteiger partial charge in [-0.2, -0.15) is 0 Å². The Balaban J connectivity index is 2.36. The molecular weight excluding hydrogens is 234 g/mol. The Bertz CT molecular complexity index is 426. The smallest absolute Gasteiger partial charge is 0.313 e. The normalized spacial score (nSPS) is 20.1. The van der Waals surface area contributed by atoms with Gasteiger partial charge in [0.15, 0.2) is 0 Å². The van der Waals surface area contributed by atoms with Crippen molar-refractivity contribution in [1.29, 1.82) is 0 Å². The molecule has 1 aliphatic rings. The summed E-state index contributed by atoms with van der Waals surface area (Å²) in [6, 6.07) is 1.27. The van der Waals surface area contributed by atoms with E-state index in [0.29, 0.717) is 19.5 Å². The Morgan fingerprint density at radius 2 is 2.44 bits per heavy atom. The van der Waals surface area contributed by atoms with Crippen molar-refractivity contribution in [2.45, 2.75) is 12.5 Å². The van der Waals surface area contributed by atoms with Crippen molar-refractivity contribution >= 4 is 23.1 Å². The molecule has 1 atom stereocenters. The van der Waals surface area contributed by atoms with Gasteiger partial charge in [0.05, 0.1) is 16.0 Å².